The predicted octanol–water partition coefficient (Wildman–Crippen LogP) is 0.158. The molecule has 0 spiro atoms. The Balaban J connectivity index is 1.71. The van der Waals surface area contributed by atoms with Gasteiger partial charge in [0.2, 0.25) is 12.0 Å². The van der Waals surface area contributed by atoms with Crippen LogP contribution in [0.5, 0.6) is 28.7 Å². The van der Waals surface area contributed by atoms with Crippen molar-refractivity contribution < 1.29 is 54.0 Å². The zero-order valence-corrected chi connectivity index (χ0v) is 17.2. The molecular formula is C21H24O11. The SMILES string of the molecule is COc1cc(O[C@@H]2O[C@H](COC(=O)c3ccc(O)cc3)[C@@H](O)[C@H](O)[C@H]2O)cc(OC)c1O. The molecule has 32 heavy (non-hydrogen) atoms. The number of carbonyl (C=O) groups excluding carboxylic acids is 1. The Morgan fingerprint density at radius 2 is 1.53 bits per heavy atom. The van der Waals surface area contributed by atoms with Crippen molar-refractivity contribution in [1.82, 2.24) is 0 Å². The molecule has 2 aromatic rings. The molecule has 0 unspecified atom stereocenters. The van der Waals surface area contributed by atoms with Crippen molar-refractivity contribution in [2.75, 3.05) is 20.8 Å². The van der Waals surface area contributed by atoms with Crippen LogP contribution in [0.25, 0.3) is 0 Å². The van der Waals surface area contributed by atoms with Gasteiger partial charge in [-0.05, 0) is 24.3 Å². The molecule has 11 nitrogen and oxygen atoms in total. The summed E-state index contributed by atoms with van der Waals surface area (Å²) in [4.78, 5) is 12.2. The van der Waals surface area contributed by atoms with E-state index in [4.69, 9.17) is 23.7 Å². The summed E-state index contributed by atoms with van der Waals surface area (Å²) in [6, 6.07) is 7.95. The first-order valence-corrected chi connectivity index (χ1v) is 9.52. The maximum absolute atomic E-state index is 12.2. The Hall–Kier alpha value is -3.25. The standard InChI is InChI=1S/C21H24O11/c1-28-13-7-12(8-14(29-2)16(13)23)31-21-19(26)18(25)17(24)15(32-21)9-30-20(27)10-3-5-11(22)6-4-10/h3-8,15,17-19,21-26H,9H2,1-2H3/t15-,17-,18+,19-,21-/m1/s1. The lowest BCUT2D eigenvalue weighted by molar-refractivity contribution is -0.277. The number of ether oxygens (including phenoxy) is 5. The van der Waals surface area contributed by atoms with E-state index in [0.717, 1.165) is 0 Å². The van der Waals surface area contributed by atoms with Crippen LogP contribution in [0.4, 0.5) is 0 Å². The Morgan fingerprint density at radius 1 is 0.938 bits per heavy atom. The minimum Gasteiger partial charge on any atom is -0.508 e. The van der Waals surface area contributed by atoms with Gasteiger partial charge in [0.05, 0.1) is 19.8 Å². The van der Waals surface area contributed by atoms with Gasteiger partial charge >= 0.3 is 5.97 Å². The third-order valence-corrected chi connectivity index (χ3v) is 4.86. The van der Waals surface area contributed by atoms with Crippen LogP contribution < -0.4 is 14.2 Å². The first-order valence-electron chi connectivity index (χ1n) is 9.52. The summed E-state index contributed by atoms with van der Waals surface area (Å²) in [6.45, 7) is -0.452. The summed E-state index contributed by atoms with van der Waals surface area (Å²) in [7, 11) is 2.64. The van der Waals surface area contributed by atoms with E-state index in [1.807, 2.05) is 0 Å². The number of hydrogen-bond donors (Lipinski definition) is 5. The van der Waals surface area contributed by atoms with E-state index in [9.17, 15) is 30.3 Å². The quantitative estimate of drug-likeness (QED) is 0.363. The second-order valence-electron chi connectivity index (χ2n) is 6.95. The number of methoxy groups -OCH3 is 2. The van der Waals surface area contributed by atoms with E-state index in [2.05, 4.69) is 0 Å². The lowest BCUT2D eigenvalue weighted by Gasteiger charge is -2.39. The number of carbonyl (C=O) groups is 1. The van der Waals surface area contributed by atoms with Crippen molar-refractivity contribution in [2.45, 2.75) is 30.7 Å². The number of rotatable bonds is 7. The summed E-state index contributed by atoms with van der Waals surface area (Å²) in [5.74, 6) is -0.890. The molecule has 2 aromatic carbocycles. The highest BCUT2D eigenvalue weighted by atomic mass is 16.7. The van der Waals surface area contributed by atoms with Crippen molar-refractivity contribution in [1.29, 1.82) is 0 Å². The van der Waals surface area contributed by atoms with E-state index in [1.54, 1.807) is 0 Å². The van der Waals surface area contributed by atoms with Crippen LogP contribution in [-0.4, -0.2) is 83.0 Å². The molecule has 0 aromatic heterocycles. The molecule has 1 aliphatic rings. The molecule has 1 fully saturated rings. The number of hydrogen-bond acceptors (Lipinski definition) is 11. The van der Waals surface area contributed by atoms with E-state index in [0.29, 0.717) is 0 Å². The van der Waals surface area contributed by atoms with Gasteiger partial charge in [-0.15, -0.1) is 0 Å². The van der Waals surface area contributed by atoms with Crippen LogP contribution in [0.2, 0.25) is 0 Å². The fourth-order valence-electron chi connectivity index (χ4n) is 3.06. The predicted molar refractivity (Wildman–Crippen MR) is 107 cm³/mol. The molecule has 5 N–H and O–H groups in total. The Morgan fingerprint density at radius 3 is 2.09 bits per heavy atom. The summed E-state index contributed by atoms with van der Waals surface area (Å²) in [5, 5.41) is 50.0. The van der Waals surface area contributed by atoms with Crippen LogP contribution in [0, 0.1) is 0 Å². The molecule has 0 amide bonds. The maximum Gasteiger partial charge on any atom is 0.338 e. The van der Waals surface area contributed by atoms with Crippen LogP contribution in [0.1, 0.15) is 10.4 Å². The van der Waals surface area contributed by atoms with Gasteiger partial charge in [-0.3, -0.25) is 0 Å². The van der Waals surface area contributed by atoms with Gasteiger partial charge in [0.15, 0.2) is 11.5 Å². The van der Waals surface area contributed by atoms with Crippen LogP contribution in [0.3, 0.4) is 0 Å². The molecule has 1 heterocycles. The molecule has 0 radical (unpaired) electrons. The highest BCUT2D eigenvalue weighted by Gasteiger charge is 2.45. The maximum atomic E-state index is 12.2. The van der Waals surface area contributed by atoms with Gasteiger partial charge in [0.25, 0.3) is 0 Å². The fourth-order valence-corrected chi connectivity index (χ4v) is 3.06. The summed E-state index contributed by atoms with van der Waals surface area (Å²) in [6.07, 6.45) is -7.54. The molecule has 0 bridgehead atoms. The smallest absolute Gasteiger partial charge is 0.338 e. The van der Waals surface area contributed by atoms with E-state index in [-0.39, 0.29) is 34.3 Å². The average molecular weight is 452 g/mol. The number of esters is 1. The molecule has 0 saturated carbocycles. The number of benzene rings is 2. The normalized spacial score (nSPS) is 25.1. The number of aliphatic hydroxyl groups excluding tert-OH is 3. The third kappa shape index (κ3) is 4.97. The number of aromatic hydroxyl groups is 2. The number of phenols is 2. The first-order chi connectivity index (χ1) is 15.2. The highest BCUT2D eigenvalue weighted by molar-refractivity contribution is 5.89. The second-order valence-corrected chi connectivity index (χ2v) is 6.95. The van der Waals surface area contributed by atoms with Gasteiger partial charge in [0.1, 0.15) is 42.5 Å². The topological polar surface area (TPSA) is 164 Å². The molecule has 0 aliphatic carbocycles. The van der Waals surface area contributed by atoms with Crippen molar-refractivity contribution in [3.8, 4) is 28.7 Å². The summed E-state index contributed by atoms with van der Waals surface area (Å²) < 4.78 is 26.3. The Labute approximate surface area is 182 Å². The molecule has 3 rings (SSSR count). The van der Waals surface area contributed by atoms with Gasteiger partial charge in [-0.25, -0.2) is 4.79 Å². The van der Waals surface area contributed by atoms with Gasteiger partial charge in [-0.1, -0.05) is 0 Å². The molecular weight excluding hydrogens is 428 g/mol. The molecule has 174 valence electrons. The van der Waals surface area contributed by atoms with Crippen molar-refractivity contribution in [2.24, 2.45) is 0 Å². The van der Waals surface area contributed by atoms with Gasteiger partial charge in [-0.2, -0.15) is 0 Å². The molecule has 1 saturated heterocycles. The Kier molecular flexibility index (Phi) is 7.26. The van der Waals surface area contributed by atoms with Crippen molar-refractivity contribution in [3.05, 3.63) is 42.0 Å². The second kappa shape index (κ2) is 9.92. The first kappa shape index (κ1) is 23.4. The van der Waals surface area contributed by atoms with E-state index < -0.39 is 43.3 Å². The molecule has 11 heteroatoms. The zero-order valence-electron chi connectivity index (χ0n) is 17.2. The van der Waals surface area contributed by atoms with Crippen LogP contribution >= 0.6 is 0 Å². The summed E-state index contributed by atoms with van der Waals surface area (Å²) >= 11 is 0. The van der Waals surface area contributed by atoms with Crippen LogP contribution in [-0.2, 0) is 9.47 Å². The van der Waals surface area contributed by atoms with Gasteiger partial charge < -0.3 is 49.2 Å². The fraction of sp³-hybridized carbons (Fsp3) is 0.381. The number of aliphatic hydroxyl groups is 3. The lowest BCUT2D eigenvalue weighted by atomic mass is 9.99. The average Bonchev–Trinajstić information content (AvgIpc) is 2.79. The minimum atomic E-state index is -1.66. The van der Waals surface area contributed by atoms with Crippen LogP contribution in [0.15, 0.2) is 36.4 Å². The van der Waals surface area contributed by atoms with Gasteiger partial charge in [0, 0.05) is 12.1 Å². The third-order valence-electron chi connectivity index (χ3n) is 4.86. The lowest BCUT2D eigenvalue weighted by Crippen LogP contribution is -2.60. The highest BCUT2D eigenvalue weighted by Crippen LogP contribution is 2.40. The van der Waals surface area contributed by atoms with E-state index in [1.165, 1.54) is 50.6 Å². The largest absolute Gasteiger partial charge is 0.508 e. The minimum absolute atomic E-state index is 0.0211. The molecule has 5 atom stereocenters. The summed E-state index contributed by atoms with van der Waals surface area (Å²) in [5.41, 5.74) is 0.157. The van der Waals surface area contributed by atoms with E-state index >= 15 is 0 Å². The number of phenolic OH excluding ortho intramolecular Hbond substituents is 2. The molecule has 1 aliphatic heterocycles. The van der Waals surface area contributed by atoms with Crippen molar-refractivity contribution in [3.63, 3.8) is 0 Å². The monoisotopic (exact) mass is 452 g/mol. The van der Waals surface area contributed by atoms with Crippen molar-refractivity contribution >= 4 is 5.97 Å². The Bertz CT molecular complexity index is 905. The zero-order chi connectivity index (χ0) is 23.4.